The van der Waals surface area contributed by atoms with Crippen LogP contribution < -0.4 is 5.73 Å². The van der Waals surface area contributed by atoms with Gasteiger partial charge in [0.05, 0.1) is 12.0 Å². The molecule has 17 heavy (non-hydrogen) atoms. The number of benzene rings is 1. The number of rotatable bonds is 2. The Morgan fingerprint density at radius 3 is 2.59 bits per heavy atom. The molecule has 0 fully saturated rings. The number of amides is 2. The van der Waals surface area contributed by atoms with Crippen molar-refractivity contribution in [3.05, 3.63) is 35.4 Å². The van der Waals surface area contributed by atoms with Crippen molar-refractivity contribution in [3.8, 4) is 0 Å². The van der Waals surface area contributed by atoms with Crippen molar-refractivity contribution in [2.75, 3.05) is 6.54 Å². The lowest BCUT2D eigenvalue weighted by Crippen LogP contribution is -2.57. The van der Waals surface area contributed by atoms with Gasteiger partial charge in [0.25, 0.3) is 5.91 Å². The zero-order valence-corrected chi connectivity index (χ0v) is 10.1. The molecule has 90 valence electrons. The van der Waals surface area contributed by atoms with Crippen molar-refractivity contribution in [1.82, 2.24) is 4.90 Å². The van der Waals surface area contributed by atoms with Crippen molar-refractivity contribution in [1.29, 1.82) is 0 Å². The molecule has 1 aromatic rings. The lowest BCUT2D eigenvalue weighted by Gasteiger charge is -2.38. The number of carbonyl (C=O) groups excluding carboxylic acids is 2. The van der Waals surface area contributed by atoms with E-state index >= 15 is 0 Å². The Morgan fingerprint density at radius 1 is 1.29 bits per heavy atom. The molecule has 0 bridgehead atoms. The van der Waals surface area contributed by atoms with Crippen LogP contribution in [-0.2, 0) is 11.2 Å². The molecule has 0 aliphatic carbocycles. The molecule has 4 heteroatoms. The van der Waals surface area contributed by atoms with Crippen LogP contribution in [0.2, 0.25) is 0 Å². The van der Waals surface area contributed by atoms with Gasteiger partial charge in [-0.3, -0.25) is 14.5 Å². The molecule has 4 nitrogen and oxygen atoms in total. The largest absolute Gasteiger partial charge is 0.328 e. The Morgan fingerprint density at radius 2 is 1.94 bits per heavy atom. The Balaban J connectivity index is 2.47. The average Bonchev–Trinajstić information content (AvgIpc) is 2.28. The number of nitrogens with zero attached hydrogens (tertiary/aromatic N) is 1. The summed E-state index contributed by atoms with van der Waals surface area (Å²) < 4.78 is 0. The van der Waals surface area contributed by atoms with Crippen molar-refractivity contribution in [2.24, 2.45) is 5.73 Å². The van der Waals surface area contributed by atoms with Crippen molar-refractivity contribution in [2.45, 2.75) is 25.8 Å². The highest BCUT2D eigenvalue weighted by atomic mass is 16.2. The van der Waals surface area contributed by atoms with E-state index in [-0.39, 0.29) is 24.8 Å². The predicted octanol–water partition coefficient (Wildman–Crippen LogP) is 0.949. The fourth-order valence-corrected chi connectivity index (χ4v) is 2.06. The summed E-state index contributed by atoms with van der Waals surface area (Å²) in [6, 6.07) is 7.21. The number of nitrogens with two attached hydrogens (primary N) is 1. The van der Waals surface area contributed by atoms with Crippen LogP contribution in [0, 0.1) is 0 Å². The molecule has 0 unspecified atom stereocenters. The van der Waals surface area contributed by atoms with E-state index in [0.717, 1.165) is 5.56 Å². The van der Waals surface area contributed by atoms with E-state index in [1.807, 2.05) is 12.1 Å². The maximum absolute atomic E-state index is 12.3. The highest BCUT2D eigenvalue weighted by Gasteiger charge is 2.39. The van der Waals surface area contributed by atoms with Gasteiger partial charge >= 0.3 is 0 Å². The van der Waals surface area contributed by atoms with Crippen molar-refractivity contribution < 1.29 is 9.59 Å². The molecule has 1 heterocycles. The highest BCUT2D eigenvalue weighted by molar-refractivity contribution is 6.10. The van der Waals surface area contributed by atoms with Crippen LogP contribution in [0.3, 0.4) is 0 Å². The van der Waals surface area contributed by atoms with Crippen LogP contribution >= 0.6 is 0 Å². The molecular formula is C13H16N2O2. The second kappa shape index (κ2) is 3.96. The first-order valence-electron chi connectivity index (χ1n) is 5.63. The highest BCUT2D eigenvalue weighted by Crippen LogP contribution is 2.25. The first-order chi connectivity index (χ1) is 7.97. The quantitative estimate of drug-likeness (QED) is 0.772. The van der Waals surface area contributed by atoms with Gasteiger partial charge in [-0.25, -0.2) is 0 Å². The summed E-state index contributed by atoms with van der Waals surface area (Å²) in [5, 5.41) is 0. The lowest BCUT2D eigenvalue weighted by molar-refractivity contribution is -0.132. The van der Waals surface area contributed by atoms with Gasteiger partial charge in [-0.15, -0.1) is 0 Å². The standard InChI is InChI=1S/C13H16N2O2/c1-13(2,8-14)15-11(16)7-9-5-3-4-6-10(9)12(15)17/h3-6H,7-8,14H2,1-2H3. The second-order valence-corrected chi connectivity index (χ2v) is 4.88. The van der Waals surface area contributed by atoms with E-state index in [4.69, 9.17) is 5.73 Å². The normalized spacial score (nSPS) is 16.1. The van der Waals surface area contributed by atoms with Crippen molar-refractivity contribution >= 4 is 11.8 Å². The van der Waals surface area contributed by atoms with E-state index in [9.17, 15) is 9.59 Å². The topological polar surface area (TPSA) is 63.4 Å². The van der Waals surface area contributed by atoms with Gasteiger partial charge in [0.1, 0.15) is 0 Å². The van der Waals surface area contributed by atoms with Gasteiger partial charge in [0.2, 0.25) is 5.91 Å². The van der Waals surface area contributed by atoms with Crippen LogP contribution in [-0.4, -0.2) is 28.8 Å². The molecule has 0 aromatic heterocycles. The van der Waals surface area contributed by atoms with Gasteiger partial charge in [0.15, 0.2) is 0 Å². The molecule has 2 amide bonds. The second-order valence-electron chi connectivity index (χ2n) is 4.88. The summed E-state index contributed by atoms with van der Waals surface area (Å²) in [6.45, 7) is 3.86. The van der Waals surface area contributed by atoms with Gasteiger partial charge in [-0.05, 0) is 25.5 Å². The molecule has 0 spiro atoms. The summed E-state index contributed by atoms with van der Waals surface area (Å²) in [5.74, 6) is -0.420. The summed E-state index contributed by atoms with van der Waals surface area (Å²) in [7, 11) is 0. The number of fused-ring (bicyclic) bond motifs is 1. The maximum Gasteiger partial charge on any atom is 0.261 e. The molecule has 1 aromatic carbocycles. The number of hydrogen-bond acceptors (Lipinski definition) is 3. The van der Waals surface area contributed by atoms with Crippen LogP contribution in [0.25, 0.3) is 0 Å². The van der Waals surface area contributed by atoms with E-state index in [0.29, 0.717) is 5.56 Å². The molecule has 2 N–H and O–H groups in total. The minimum absolute atomic E-state index is 0.177. The maximum atomic E-state index is 12.3. The molecule has 1 aliphatic rings. The fraction of sp³-hybridized carbons (Fsp3) is 0.385. The first-order valence-corrected chi connectivity index (χ1v) is 5.63. The summed E-state index contributed by atoms with van der Waals surface area (Å²) >= 11 is 0. The summed E-state index contributed by atoms with van der Waals surface area (Å²) in [6.07, 6.45) is 0.269. The smallest absolute Gasteiger partial charge is 0.261 e. The van der Waals surface area contributed by atoms with Crippen LogP contribution in [0.5, 0.6) is 0 Å². The van der Waals surface area contributed by atoms with Gasteiger partial charge < -0.3 is 5.73 Å². The Kier molecular flexibility index (Phi) is 2.75. The minimum atomic E-state index is -0.637. The Labute approximate surface area is 100 Å². The molecule has 0 radical (unpaired) electrons. The van der Waals surface area contributed by atoms with Crippen molar-refractivity contribution in [3.63, 3.8) is 0 Å². The monoisotopic (exact) mass is 232 g/mol. The SMILES string of the molecule is CC(C)(CN)N1C(=O)Cc2ccccc2C1=O. The molecule has 0 saturated heterocycles. The average molecular weight is 232 g/mol. The minimum Gasteiger partial charge on any atom is -0.328 e. The van der Waals surface area contributed by atoms with Gasteiger partial charge in [0, 0.05) is 12.1 Å². The third-order valence-electron chi connectivity index (χ3n) is 3.15. The number of hydrogen-bond donors (Lipinski definition) is 1. The predicted molar refractivity (Wildman–Crippen MR) is 64.5 cm³/mol. The zero-order chi connectivity index (χ0) is 12.6. The third-order valence-corrected chi connectivity index (χ3v) is 3.15. The van der Waals surface area contributed by atoms with Gasteiger partial charge in [-0.2, -0.15) is 0 Å². The molecular weight excluding hydrogens is 216 g/mol. The number of carbonyl (C=O) groups is 2. The lowest BCUT2D eigenvalue weighted by atomic mass is 9.93. The molecule has 0 atom stereocenters. The number of imide groups is 1. The van der Waals surface area contributed by atoms with E-state index in [1.54, 1.807) is 26.0 Å². The van der Waals surface area contributed by atoms with Crippen LogP contribution in [0.1, 0.15) is 29.8 Å². The van der Waals surface area contributed by atoms with Gasteiger partial charge in [-0.1, -0.05) is 18.2 Å². The zero-order valence-electron chi connectivity index (χ0n) is 10.1. The fourth-order valence-electron chi connectivity index (χ4n) is 2.06. The third kappa shape index (κ3) is 1.85. The molecule has 0 saturated carbocycles. The molecule has 2 rings (SSSR count). The van der Waals surface area contributed by atoms with Crippen LogP contribution in [0.4, 0.5) is 0 Å². The van der Waals surface area contributed by atoms with E-state index in [1.165, 1.54) is 4.90 Å². The van der Waals surface area contributed by atoms with Crippen LogP contribution in [0.15, 0.2) is 24.3 Å². The Bertz CT molecular complexity index is 480. The summed E-state index contributed by atoms with van der Waals surface area (Å²) in [5.41, 5.74) is 6.40. The first kappa shape index (κ1) is 11.8. The Hall–Kier alpha value is -1.68. The van der Waals surface area contributed by atoms with E-state index in [2.05, 4.69) is 0 Å². The summed E-state index contributed by atoms with van der Waals surface area (Å²) in [4.78, 5) is 25.6. The molecule has 1 aliphatic heterocycles. The van der Waals surface area contributed by atoms with E-state index < -0.39 is 5.54 Å².